The van der Waals surface area contributed by atoms with Crippen LogP contribution in [0.2, 0.25) is 0 Å². The number of ether oxygens (including phenoxy) is 1. The van der Waals surface area contributed by atoms with E-state index < -0.39 is 0 Å². The summed E-state index contributed by atoms with van der Waals surface area (Å²) in [6, 6.07) is 11.0. The third-order valence-corrected chi connectivity index (χ3v) is 4.92. The second-order valence-electron chi connectivity index (χ2n) is 6.58. The molecule has 1 aliphatic rings. The Morgan fingerprint density at radius 2 is 1.96 bits per heavy atom. The van der Waals surface area contributed by atoms with Crippen LogP contribution in [-0.2, 0) is 19.4 Å². The van der Waals surface area contributed by atoms with Gasteiger partial charge in [0.25, 0.3) is 5.56 Å². The minimum Gasteiger partial charge on any atom is -0.504 e. The topological polar surface area (TPSA) is 67.1 Å². The SMILES string of the molecule is COc1ccc2c(c1)CCN(Cc1cc(=O)n3cccc(O)c3n1)CC2. The molecule has 0 radical (unpaired) electrons. The highest BCUT2D eigenvalue weighted by molar-refractivity contribution is 5.52. The van der Waals surface area contributed by atoms with Gasteiger partial charge in [-0.1, -0.05) is 6.07 Å². The zero-order chi connectivity index (χ0) is 18.1. The Kier molecular flexibility index (Phi) is 4.34. The Labute approximate surface area is 151 Å². The van der Waals surface area contributed by atoms with Gasteiger partial charge in [-0.2, -0.15) is 0 Å². The van der Waals surface area contributed by atoms with E-state index in [1.165, 1.54) is 15.5 Å². The van der Waals surface area contributed by atoms with E-state index in [9.17, 15) is 9.90 Å². The van der Waals surface area contributed by atoms with Gasteiger partial charge in [0.2, 0.25) is 0 Å². The van der Waals surface area contributed by atoms with E-state index in [0.717, 1.165) is 31.7 Å². The third kappa shape index (κ3) is 3.15. The monoisotopic (exact) mass is 351 g/mol. The highest BCUT2D eigenvalue weighted by Crippen LogP contribution is 2.22. The molecule has 3 aromatic rings. The van der Waals surface area contributed by atoms with Gasteiger partial charge in [-0.15, -0.1) is 0 Å². The lowest BCUT2D eigenvalue weighted by Crippen LogP contribution is -2.27. The smallest absolute Gasteiger partial charge is 0.258 e. The summed E-state index contributed by atoms with van der Waals surface area (Å²) in [4.78, 5) is 19.1. The Hall–Kier alpha value is -2.86. The molecule has 0 bridgehead atoms. The van der Waals surface area contributed by atoms with E-state index >= 15 is 0 Å². The second-order valence-corrected chi connectivity index (χ2v) is 6.58. The first kappa shape index (κ1) is 16.6. The van der Waals surface area contributed by atoms with E-state index in [1.54, 1.807) is 31.5 Å². The van der Waals surface area contributed by atoms with Gasteiger partial charge in [0, 0.05) is 31.9 Å². The lowest BCUT2D eigenvalue weighted by atomic mass is 10.0. The number of aromatic nitrogens is 2. The Bertz CT molecular complexity index is 1010. The number of benzene rings is 1. The summed E-state index contributed by atoms with van der Waals surface area (Å²) in [5.41, 5.74) is 3.47. The van der Waals surface area contributed by atoms with E-state index in [-0.39, 0.29) is 11.3 Å². The van der Waals surface area contributed by atoms with Crippen molar-refractivity contribution >= 4 is 5.65 Å². The van der Waals surface area contributed by atoms with Gasteiger partial charge in [-0.25, -0.2) is 4.98 Å². The molecule has 3 heterocycles. The normalized spacial score (nSPS) is 14.8. The van der Waals surface area contributed by atoms with Gasteiger partial charge in [0.05, 0.1) is 12.8 Å². The number of fused-ring (bicyclic) bond motifs is 2. The van der Waals surface area contributed by atoms with E-state index in [1.807, 2.05) is 6.07 Å². The molecule has 4 rings (SSSR count). The molecule has 0 aliphatic carbocycles. The van der Waals surface area contributed by atoms with E-state index in [0.29, 0.717) is 17.9 Å². The van der Waals surface area contributed by atoms with Crippen LogP contribution in [0, 0.1) is 0 Å². The maximum Gasteiger partial charge on any atom is 0.258 e. The molecule has 0 atom stereocenters. The first-order valence-electron chi connectivity index (χ1n) is 8.72. The van der Waals surface area contributed by atoms with Crippen molar-refractivity contribution < 1.29 is 9.84 Å². The average molecular weight is 351 g/mol. The molecule has 0 saturated heterocycles. The molecule has 26 heavy (non-hydrogen) atoms. The standard InChI is InChI=1S/C20H21N3O3/c1-26-17-5-4-14-6-9-22(10-7-15(14)11-17)13-16-12-19(25)23-8-2-3-18(24)20(23)21-16/h2-5,8,11-12,24H,6-7,9-10,13H2,1H3. The van der Waals surface area contributed by atoms with Crippen LogP contribution in [0.3, 0.4) is 0 Å². The van der Waals surface area contributed by atoms with Gasteiger partial charge >= 0.3 is 0 Å². The number of nitrogens with zero attached hydrogens (tertiary/aromatic N) is 3. The van der Waals surface area contributed by atoms with Crippen molar-refractivity contribution in [3.63, 3.8) is 0 Å². The largest absolute Gasteiger partial charge is 0.504 e. The summed E-state index contributed by atoms with van der Waals surface area (Å²) < 4.78 is 6.69. The molecule has 1 aliphatic heterocycles. The predicted molar refractivity (Wildman–Crippen MR) is 98.8 cm³/mol. The predicted octanol–water partition coefficient (Wildman–Crippen LogP) is 2.01. The Morgan fingerprint density at radius 1 is 1.15 bits per heavy atom. The molecule has 6 heteroatoms. The van der Waals surface area contributed by atoms with Crippen LogP contribution >= 0.6 is 0 Å². The summed E-state index contributed by atoms with van der Waals surface area (Å²) in [6.45, 7) is 2.38. The van der Waals surface area contributed by atoms with Gasteiger partial charge < -0.3 is 9.84 Å². The fraction of sp³-hybridized carbons (Fsp3) is 0.300. The molecule has 0 unspecified atom stereocenters. The van der Waals surface area contributed by atoms with Gasteiger partial charge in [-0.05, 0) is 48.2 Å². The van der Waals surface area contributed by atoms with Gasteiger partial charge in [0.15, 0.2) is 11.4 Å². The van der Waals surface area contributed by atoms with Crippen molar-refractivity contribution in [1.82, 2.24) is 14.3 Å². The molecule has 2 aromatic heterocycles. The van der Waals surface area contributed by atoms with Crippen molar-refractivity contribution in [3.8, 4) is 11.5 Å². The minimum absolute atomic E-state index is 0.0156. The zero-order valence-electron chi connectivity index (χ0n) is 14.7. The van der Waals surface area contributed by atoms with Gasteiger partial charge in [-0.3, -0.25) is 14.1 Å². The first-order chi connectivity index (χ1) is 12.6. The molecular weight excluding hydrogens is 330 g/mol. The van der Waals surface area contributed by atoms with Crippen molar-refractivity contribution in [3.05, 3.63) is 69.8 Å². The van der Waals surface area contributed by atoms with Crippen molar-refractivity contribution in [2.24, 2.45) is 0 Å². The molecule has 1 N–H and O–H groups in total. The van der Waals surface area contributed by atoms with E-state index in [4.69, 9.17) is 4.74 Å². The zero-order valence-corrected chi connectivity index (χ0v) is 14.7. The lowest BCUT2D eigenvalue weighted by molar-refractivity contribution is 0.276. The van der Waals surface area contributed by atoms with Crippen molar-refractivity contribution in [1.29, 1.82) is 0 Å². The number of hydrogen-bond acceptors (Lipinski definition) is 5. The molecule has 1 aromatic carbocycles. The van der Waals surface area contributed by atoms with Crippen LogP contribution < -0.4 is 10.3 Å². The summed E-state index contributed by atoms with van der Waals surface area (Å²) in [5, 5.41) is 9.99. The number of aromatic hydroxyl groups is 1. The van der Waals surface area contributed by atoms with E-state index in [2.05, 4.69) is 22.0 Å². The quantitative estimate of drug-likeness (QED) is 0.782. The molecule has 0 fully saturated rings. The lowest BCUT2D eigenvalue weighted by Gasteiger charge is -2.19. The Balaban J connectivity index is 1.56. The average Bonchev–Trinajstić information content (AvgIpc) is 2.84. The molecule has 0 spiro atoms. The van der Waals surface area contributed by atoms with Crippen LogP contribution in [0.5, 0.6) is 11.5 Å². The summed E-state index contributed by atoms with van der Waals surface area (Å²) in [7, 11) is 1.68. The van der Waals surface area contributed by atoms with Crippen molar-refractivity contribution in [2.45, 2.75) is 19.4 Å². The van der Waals surface area contributed by atoms with Crippen LogP contribution in [-0.4, -0.2) is 39.6 Å². The summed E-state index contributed by atoms with van der Waals surface area (Å²) in [5.74, 6) is 0.902. The first-order valence-corrected chi connectivity index (χ1v) is 8.72. The fourth-order valence-electron chi connectivity index (χ4n) is 3.50. The molecular formula is C20H21N3O3. The summed E-state index contributed by atoms with van der Waals surface area (Å²) in [6.07, 6.45) is 3.51. The number of methoxy groups -OCH3 is 1. The van der Waals surface area contributed by atoms with Crippen molar-refractivity contribution in [2.75, 3.05) is 20.2 Å². The third-order valence-electron chi connectivity index (χ3n) is 4.92. The number of hydrogen-bond donors (Lipinski definition) is 1. The molecule has 134 valence electrons. The molecule has 0 saturated carbocycles. The fourth-order valence-corrected chi connectivity index (χ4v) is 3.50. The Morgan fingerprint density at radius 3 is 2.77 bits per heavy atom. The molecule has 0 amide bonds. The van der Waals surface area contributed by atoms with Crippen LogP contribution in [0.15, 0.2) is 47.4 Å². The highest BCUT2D eigenvalue weighted by atomic mass is 16.5. The maximum absolute atomic E-state index is 12.3. The molecule has 6 nitrogen and oxygen atoms in total. The summed E-state index contributed by atoms with van der Waals surface area (Å²) >= 11 is 0. The van der Waals surface area contributed by atoms with Gasteiger partial charge in [0.1, 0.15) is 5.75 Å². The second kappa shape index (κ2) is 6.80. The number of pyridine rings is 1. The highest BCUT2D eigenvalue weighted by Gasteiger charge is 2.16. The maximum atomic E-state index is 12.3. The number of rotatable bonds is 3. The van der Waals surface area contributed by atoms with Crippen LogP contribution in [0.25, 0.3) is 5.65 Å². The minimum atomic E-state index is -0.177. The van der Waals surface area contributed by atoms with Crippen LogP contribution in [0.1, 0.15) is 16.8 Å². The van der Waals surface area contributed by atoms with Crippen LogP contribution in [0.4, 0.5) is 0 Å².